The van der Waals surface area contributed by atoms with Crippen molar-refractivity contribution in [3.05, 3.63) is 12.2 Å². The molecule has 4 nitrogen and oxygen atoms in total. The van der Waals surface area contributed by atoms with E-state index in [1.807, 2.05) is 0 Å². The molecule has 0 aliphatic carbocycles. The van der Waals surface area contributed by atoms with Crippen molar-refractivity contribution in [2.24, 2.45) is 23.7 Å². The summed E-state index contributed by atoms with van der Waals surface area (Å²) in [5.41, 5.74) is 0. The zero-order valence-corrected chi connectivity index (χ0v) is 25.9. The van der Waals surface area contributed by atoms with Crippen LogP contribution in [0.25, 0.3) is 0 Å². The SMILES string of the molecule is CC(C)[C+]1CC(C(C)C)O[B-]2(O1)O[C+](C(C)C)CC(C(C)C)O2.[Cl][Sb-]([Cl])([Cl])([Cl])([Cl])[Cl]. The summed E-state index contributed by atoms with van der Waals surface area (Å²) in [6, 6.07) is 0. The van der Waals surface area contributed by atoms with E-state index in [2.05, 4.69) is 55.4 Å². The van der Waals surface area contributed by atoms with Crippen LogP contribution in [-0.4, -0.2) is 28.3 Å². The topological polar surface area (TPSA) is 36.9 Å². The van der Waals surface area contributed by atoms with Crippen molar-refractivity contribution < 1.29 is 18.6 Å². The van der Waals surface area contributed by atoms with Crippen LogP contribution in [0.3, 0.4) is 0 Å². The van der Waals surface area contributed by atoms with Crippen molar-refractivity contribution in [2.45, 2.75) is 80.4 Å². The van der Waals surface area contributed by atoms with Gasteiger partial charge in [0.05, 0.1) is 12.2 Å². The first-order valence-corrected chi connectivity index (χ1v) is 29.6. The molecule has 0 aromatic rings. The van der Waals surface area contributed by atoms with Gasteiger partial charge in [-0.15, -0.1) is 0 Å². The Morgan fingerprint density at radius 3 is 1.13 bits per heavy atom. The van der Waals surface area contributed by atoms with E-state index in [-0.39, 0.29) is 12.2 Å². The van der Waals surface area contributed by atoms with Crippen LogP contribution in [0.4, 0.5) is 0 Å². The van der Waals surface area contributed by atoms with E-state index < -0.39 is 16.1 Å². The monoisotopic (exact) mass is 656 g/mol. The van der Waals surface area contributed by atoms with Gasteiger partial charge in [0, 0.05) is 0 Å². The van der Waals surface area contributed by atoms with Crippen LogP contribution in [0, 0.1) is 35.9 Å². The average Bonchev–Trinajstić information content (AvgIpc) is 2.50. The molecule has 180 valence electrons. The van der Waals surface area contributed by atoms with Gasteiger partial charge in [0.15, 0.2) is 0 Å². The van der Waals surface area contributed by atoms with Gasteiger partial charge >= 0.3 is 69.1 Å². The zero-order valence-electron chi connectivity index (χ0n) is 18.8. The fraction of sp³-hybridized carbons (Fsp3) is 0.889. The molecule has 2 heterocycles. The maximum absolute atomic E-state index is 6.27. The summed E-state index contributed by atoms with van der Waals surface area (Å²) in [6.45, 7) is 15.1. The quantitative estimate of drug-likeness (QED) is 0.224. The second kappa shape index (κ2) is 10.1. The van der Waals surface area contributed by atoms with Gasteiger partial charge < -0.3 is 18.6 Å². The molecule has 2 unspecified atom stereocenters. The summed E-state index contributed by atoms with van der Waals surface area (Å²) >= 11 is 0. The van der Waals surface area contributed by atoms with E-state index in [4.69, 9.17) is 71.6 Å². The van der Waals surface area contributed by atoms with Crippen LogP contribution < -0.4 is 0 Å². The molecule has 2 saturated heterocycles. The molecule has 0 aromatic carbocycles. The summed E-state index contributed by atoms with van der Waals surface area (Å²) in [4.78, 5) is 0. The summed E-state index contributed by atoms with van der Waals surface area (Å²) < 4.78 is 25.0. The molecule has 0 bridgehead atoms. The molecule has 1 spiro atoms. The molecule has 0 N–H and O–H groups in total. The van der Waals surface area contributed by atoms with Gasteiger partial charge in [0.2, 0.25) is 12.2 Å². The molecule has 2 rings (SSSR count). The molecule has 2 aliphatic rings. The van der Waals surface area contributed by atoms with Gasteiger partial charge in [-0.25, -0.2) is 0 Å². The van der Waals surface area contributed by atoms with Gasteiger partial charge in [-0.2, -0.15) is 0 Å². The fourth-order valence-corrected chi connectivity index (χ4v) is 3.08. The van der Waals surface area contributed by atoms with Crippen LogP contribution in [0.5, 0.6) is 0 Å². The third kappa shape index (κ3) is 12.1. The van der Waals surface area contributed by atoms with Gasteiger partial charge in [0.25, 0.3) is 0 Å². The predicted molar refractivity (Wildman–Crippen MR) is 134 cm³/mol. The first kappa shape index (κ1) is 30.2. The Hall–Kier alpha value is 2.20. The molecule has 12 heteroatoms. The molecule has 2 aliphatic heterocycles. The average molecular weight is 660 g/mol. The van der Waals surface area contributed by atoms with Crippen LogP contribution in [-0.2, 0) is 18.6 Å². The van der Waals surface area contributed by atoms with Crippen molar-refractivity contribution >= 4 is 69.1 Å². The van der Waals surface area contributed by atoms with E-state index in [0.717, 1.165) is 25.0 Å². The normalized spacial score (nSPS) is 30.6. The van der Waals surface area contributed by atoms with Crippen LogP contribution in [0.15, 0.2) is 0 Å². The van der Waals surface area contributed by atoms with Gasteiger partial charge in [0.1, 0.15) is 24.7 Å². The molecular weight excluding hydrogens is 625 g/mol. The first-order valence-electron chi connectivity index (χ1n) is 10.2. The molecule has 0 saturated carbocycles. The first-order chi connectivity index (χ1) is 13.1. The molecular formula is C18H34BCl6O4Sb. The summed E-state index contributed by atoms with van der Waals surface area (Å²) in [7, 11) is 25.0. The van der Waals surface area contributed by atoms with E-state index in [0.29, 0.717) is 23.7 Å². The van der Waals surface area contributed by atoms with Gasteiger partial charge in [-0.3, -0.25) is 0 Å². The Morgan fingerprint density at radius 1 is 0.667 bits per heavy atom. The minimum atomic E-state index is -5.42. The molecule has 0 aromatic heterocycles. The van der Waals surface area contributed by atoms with E-state index in [9.17, 15) is 0 Å². The number of hydrogen-bond acceptors (Lipinski definition) is 4. The van der Waals surface area contributed by atoms with Crippen molar-refractivity contribution in [1.29, 1.82) is 0 Å². The van der Waals surface area contributed by atoms with E-state index in [1.54, 1.807) is 0 Å². The third-order valence-corrected chi connectivity index (χ3v) is 4.85. The fourth-order valence-electron chi connectivity index (χ4n) is 3.08. The van der Waals surface area contributed by atoms with Crippen LogP contribution in [0.2, 0.25) is 0 Å². The van der Waals surface area contributed by atoms with Crippen molar-refractivity contribution in [3.8, 4) is 0 Å². The molecule has 0 amide bonds. The van der Waals surface area contributed by atoms with Crippen molar-refractivity contribution in [1.82, 2.24) is 0 Å². The number of rotatable bonds is 4. The third-order valence-electron chi connectivity index (χ3n) is 4.85. The van der Waals surface area contributed by atoms with E-state index >= 15 is 0 Å². The molecule has 2 fully saturated rings. The summed E-state index contributed by atoms with van der Waals surface area (Å²) in [5.74, 6) is 1.43. The van der Waals surface area contributed by atoms with Crippen LogP contribution in [0.1, 0.15) is 68.2 Å². The Balaban J connectivity index is 0.000000553. The predicted octanol–water partition coefficient (Wildman–Crippen LogP) is 8.48. The van der Waals surface area contributed by atoms with Crippen molar-refractivity contribution in [2.75, 3.05) is 0 Å². The maximum atomic E-state index is 6.27. The molecule has 2 atom stereocenters. The molecule has 0 radical (unpaired) electrons. The summed E-state index contributed by atoms with van der Waals surface area (Å²) in [6.07, 6.45) is 3.83. The van der Waals surface area contributed by atoms with Crippen molar-refractivity contribution in [3.63, 3.8) is 0 Å². The number of hydrogen-bond donors (Lipinski definition) is 0. The second-order valence-electron chi connectivity index (χ2n) is 9.26. The minimum absolute atomic E-state index is 0.0699. The van der Waals surface area contributed by atoms with Gasteiger partial charge in [-0.05, 0) is 39.5 Å². The Morgan fingerprint density at radius 2 is 0.933 bits per heavy atom. The molecule has 30 heavy (non-hydrogen) atoms. The van der Waals surface area contributed by atoms with Crippen LogP contribution >= 0.6 is 53.0 Å². The Bertz CT molecular complexity index is 487. The Labute approximate surface area is 202 Å². The van der Waals surface area contributed by atoms with Gasteiger partial charge in [-0.1, -0.05) is 27.7 Å². The van der Waals surface area contributed by atoms with E-state index in [1.165, 1.54) is 0 Å². The standard InChI is InChI=1S/C18H34BO4.6ClH.Sb/c1-11(2)15-9-16(12(3)4)21-19(20-15)22-17(13(5)6)10-18(23-19)14(7)8;;;;;;;/h11-15,17H,9-10H2,1-8H3;6*1H;/q+1;;;;;;;+5/p-6. The summed E-state index contributed by atoms with van der Waals surface area (Å²) in [5, 5.41) is 0. The second-order valence-corrected chi connectivity index (χ2v) is 66.2. The number of halogens is 6. The zero-order chi connectivity index (χ0) is 23.8. The Kier molecular flexibility index (Phi) is 10.1.